The quantitative estimate of drug-likeness (QED) is 0.842. The van der Waals surface area contributed by atoms with E-state index < -0.39 is 0 Å². The number of rotatable bonds is 4. The van der Waals surface area contributed by atoms with Crippen molar-refractivity contribution in [3.63, 3.8) is 0 Å². The second kappa shape index (κ2) is 8.37. The summed E-state index contributed by atoms with van der Waals surface area (Å²) in [5.41, 5.74) is 4.90. The van der Waals surface area contributed by atoms with Crippen molar-refractivity contribution in [2.45, 2.75) is 38.6 Å². The number of nitrogens with one attached hydrogen (secondary N) is 2. The number of hydrogen-bond acceptors (Lipinski definition) is 3. The van der Waals surface area contributed by atoms with Crippen molar-refractivity contribution in [2.75, 3.05) is 25.5 Å². The summed E-state index contributed by atoms with van der Waals surface area (Å²) < 4.78 is 0. The number of hydrogen-bond donors (Lipinski definition) is 2. The first kappa shape index (κ1) is 19.6. The second-order valence-electron chi connectivity index (χ2n) is 8.47. The lowest BCUT2D eigenvalue weighted by atomic mass is 9.97. The molecule has 0 saturated carbocycles. The Balaban J connectivity index is 1.41. The summed E-state index contributed by atoms with van der Waals surface area (Å²) >= 11 is 0. The fraction of sp³-hybridized carbons (Fsp3) is 0.417. The van der Waals surface area contributed by atoms with Crippen LogP contribution in [0.4, 0.5) is 5.69 Å². The van der Waals surface area contributed by atoms with Crippen LogP contribution in [0.1, 0.15) is 39.9 Å². The van der Waals surface area contributed by atoms with Crippen molar-refractivity contribution >= 4 is 17.5 Å². The van der Waals surface area contributed by atoms with E-state index in [4.69, 9.17) is 0 Å². The molecular formula is C24H29N3O2. The van der Waals surface area contributed by atoms with Crippen molar-refractivity contribution < 1.29 is 9.59 Å². The molecule has 2 aromatic rings. The van der Waals surface area contributed by atoms with E-state index in [-0.39, 0.29) is 23.8 Å². The van der Waals surface area contributed by atoms with Gasteiger partial charge in [0, 0.05) is 23.8 Å². The van der Waals surface area contributed by atoms with Gasteiger partial charge in [0.1, 0.15) is 0 Å². The van der Waals surface area contributed by atoms with Crippen LogP contribution < -0.4 is 10.6 Å². The molecule has 1 heterocycles. The minimum atomic E-state index is -0.0873. The molecule has 2 N–H and O–H groups in total. The summed E-state index contributed by atoms with van der Waals surface area (Å²) in [6, 6.07) is 14.0. The van der Waals surface area contributed by atoms with Crippen molar-refractivity contribution in [3.8, 4) is 0 Å². The zero-order chi connectivity index (χ0) is 20.4. The van der Waals surface area contributed by atoms with Gasteiger partial charge in [-0.1, -0.05) is 30.3 Å². The predicted molar refractivity (Wildman–Crippen MR) is 115 cm³/mol. The molecule has 5 nitrogen and oxygen atoms in total. The summed E-state index contributed by atoms with van der Waals surface area (Å²) in [5.74, 6) is -0.0400. The van der Waals surface area contributed by atoms with E-state index in [1.54, 1.807) is 6.07 Å². The molecule has 4 rings (SSSR count). The molecule has 0 radical (unpaired) electrons. The van der Waals surface area contributed by atoms with Crippen LogP contribution in [0.3, 0.4) is 0 Å². The number of amides is 2. The van der Waals surface area contributed by atoms with Crippen molar-refractivity contribution in [1.82, 2.24) is 10.2 Å². The molecule has 1 fully saturated rings. The van der Waals surface area contributed by atoms with Crippen LogP contribution in [0.15, 0.2) is 42.5 Å². The van der Waals surface area contributed by atoms with E-state index in [1.165, 1.54) is 11.1 Å². The SMILES string of the molecule is Cc1ccc(C(=O)NC2Cc3ccccc3C2)cc1NC(=O)C1CCCN(C)C1. The van der Waals surface area contributed by atoms with E-state index in [0.29, 0.717) is 5.56 Å². The maximum atomic E-state index is 12.8. The van der Waals surface area contributed by atoms with E-state index in [9.17, 15) is 9.59 Å². The molecule has 2 amide bonds. The smallest absolute Gasteiger partial charge is 0.251 e. The third kappa shape index (κ3) is 4.51. The summed E-state index contributed by atoms with van der Waals surface area (Å²) in [5, 5.41) is 6.21. The van der Waals surface area contributed by atoms with Crippen LogP contribution in [-0.4, -0.2) is 42.9 Å². The maximum absolute atomic E-state index is 12.8. The summed E-state index contributed by atoms with van der Waals surface area (Å²) in [6.07, 6.45) is 3.69. The van der Waals surface area contributed by atoms with E-state index in [1.807, 2.05) is 31.2 Å². The highest BCUT2D eigenvalue weighted by molar-refractivity contribution is 5.98. The number of carbonyl (C=O) groups is 2. The van der Waals surface area contributed by atoms with Gasteiger partial charge in [-0.15, -0.1) is 0 Å². The largest absolute Gasteiger partial charge is 0.349 e. The first-order valence-electron chi connectivity index (χ1n) is 10.5. The molecule has 2 aliphatic rings. The van der Waals surface area contributed by atoms with Gasteiger partial charge in [-0.2, -0.15) is 0 Å². The Morgan fingerprint density at radius 1 is 1.07 bits per heavy atom. The topological polar surface area (TPSA) is 61.4 Å². The minimum Gasteiger partial charge on any atom is -0.349 e. The van der Waals surface area contributed by atoms with Gasteiger partial charge < -0.3 is 15.5 Å². The molecule has 1 aliphatic heterocycles. The van der Waals surface area contributed by atoms with Gasteiger partial charge in [-0.25, -0.2) is 0 Å². The number of piperidine rings is 1. The average Bonchev–Trinajstić information content (AvgIpc) is 3.11. The number of carbonyl (C=O) groups excluding carboxylic acids is 2. The lowest BCUT2D eigenvalue weighted by molar-refractivity contribution is -0.121. The zero-order valence-corrected chi connectivity index (χ0v) is 17.2. The highest BCUT2D eigenvalue weighted by Crippen LogP contribution is 2.24. The monoisotopic (exact) mass is 391 g/mol. The Hall–Kier alpha value is -2.66. The number of aryl methyl sites for hydroxylation is 1. The molecule has 1 aliphatic carbocycles. The fourth-order valence-electron chi connectivity index (χ4n) is 4.44. The molecule has 0 bridgehead atoms. The molecular weight excluding hydrogens is 362 g/mol. The van der Waals surface area contributed by atoms with Gasteiger partial charge in [-0.3, -0.25) is 9.59 Å². The predicted octanol–water partition coefficient (Wildman–Crippen LogP) is 3.17. The van der Waals surface area contributed by atoms with Crippen molar-refractivity contribution in [3.05, 3.63) is 64.7 Å². The summed E-state index contributed by atoms with van der Waals surface area (Å²) in [6.45, 7) is 3.79. The van der Waals surface area contributed by atoms with Crippen LogP contribution in [0.25, 0.3) is 0 Å². The van der Waals surface area contributed by atoms with Crippen molar-refractivity contribution in [1.29, 1.82) is 0 Å². The summed E-state index contributed by atoms with van der Waals surface area (Å²) in [4.78, 5) is 27.7. The molecule has 0 spiro atoms. The molecule has 1 unspecified atom stereocenters. The van der Waals surface area contributed by atoms with Crippen LogP contribution in [0.2, 0.25) is 0 Å². The highest BCUT2D eigenvalue weighted by Gasteiger charge is 2.25. The Labute approximate surface area is 172 Å². The van der Waals surface area contributed by atoms with Crippen LogP contribution in [-0.2, 0) is 17.6 Å². The lowest BCUT2D eigenvalue weighted by Crippen LogP contribution is -2.38. The molecule has 5 heteroatoms. The number of benzene rings is 2. The Morgan fingerprint density at radius 2 is 1.79 bits per heavy atom. The summed E-state index contributed by atoms with van der Waals surface area (Å²) in [7, 11) is 2.05. The molecule has 1 atom stereocenters. The molecule has 0 aromatic heterocycles. The maximum Gasteiger partial charge on any atom is 0.251 e. The Kier molecular flexibility index (Phi) is 5.67. The standard InChI is InChI=1S/C24H29N3O2/c1-16-9-10-19(14-22(16)26-24(29)20-8-5-11-27(2)15-20)23(28)25-21-12-17-6-3-4-7-18(17)13-21/h3-4,6-7,9-10,14,20-21H,5,8,11-13,15H2,1-2H3,(H,25,28)(H,26,29). The fourth-order valence-corrected chi connectivity index (χ4v) is 4.44. The first-order chi connectivity index (χ1) is 14.0. The van der Waals surface area contributed by atoms with E-state index in [0.717, 1.165) is 50.0 Å². The zero-order valence-electron chi connectivity index (χ0n) is 17.2. The van der Waals surface area contributed by atoms with Crippen molar-refractivity contribution in [2.24, 2.45) is 5.92 Å². The second-order valence-corrected chi connectivity index (χ2v) is 8.47. The minimum absolute atomic E-state index is 0.00243. The first-order valence-corrected chi connectivity index (χ1v) is 10.5. The van der Waals surface area contributed by atoms with E-state index in [2.05, 4.69) is 34.7 Å². The molecule has 1 saturated heterocycles. The highest BCUT2D eigenvalue weighted by atomic mass is 16.2. The Morgan fingerprint density at radius 3 is 2.48 bits per heavy atom. The number of anilines is 1. The van der Waals surface area contributed by atoms with Gasteiger partial charge in [0.15, 0.2) is 0 Å². The third-order valence-corrected chi connectivity index (χ3v) is 6.14. The van der Waals surface area contributed by atoms with Crippen LogP contribution in [0, 0.1) is 12.8 Å². The number of nitrogens with zero attached hydrogens (tertiary/aromatic N) is 1. The van der Waals surface area contributed by atoms with Gasteiger partial charge in [-0.05, 0) is 75.0 Å². The third-order valence-electron chi connectivity index (χ3n) is 6.14. The van der Waals surface area contributed by atoms with Gasteiger partial charge in [0.05, 0.1) is 5.92 Å². The van der Waals surface area contributed by atoms with E-state index >= 15 is 0 Å². The van der Waals surface area contributed by atoms with Gasteiger partial charge >= 0.3 is 0 Å². The normalized spacial score (nSPS) is 19.6. The molecule has 152 valence electrons. The van der Waals surface area contributed by atoms with Crippen LogP contribution >= 0.6 is 0 Å². The average molecular weight is 392 g/mol. The van der Waals surface area contributed by atoms with Gasteiger partial charge in [0.25, 0.3) is 5.91 Å². The Bertz CT molecular complexity index is 899. The molecule has 29 heavy (non-hydrogen) atoms. The molecule has 2 aromatic carbocycles. The van der Waals surface area contributed by atoms with Gasteiger partial charge in [0.2, 0.25) is 5.91 Å². The van der Waals surface area contributed by atoms with Crippen LogP contribution in [0.5, 0.6) is 0 Å². The number of likely N-dealkylation sites (tertiary alicyclic amines) is 1. The number of fused-ring (bicyclic) bond motifs is 1. The lowest BCUT2D eigenvalue weighted by Gasteiger charge is -2.29.